The molecule has 0 aliphatic rings. The number of rotatable bonds is 1. The van der Waals surface area contributed by atoms with Gasteiger partial charge in [0, 0.05) is 9.35 Å². The molecular formula is C9H10BrCl. The summed E-state index contributed by atoms with van der Waals surface area (Å²) in [4.78, 5) is 0. The Bertz CT molecular complexity index is 233. The van der Waals surface area contributed by atoms with Gasteiger partial charge in [0.25, 0.3) is 0 Å². The molecule has 0 aliphatic heterocycles. The summed E-state index contributed by atoms with van der Waals surface area (Å²) < 4.78 is 0.0393. The second-order valence-electron chi connectivity index (χ2n) is 2.98. The van der Waals surface area contributed by atoms with Gasteiger partial charge in [0.2, 0.25) is 0 Å². The Balaban J connectivity index is 2.99. The van der Waals surface area contributed by atoms with E-state index >= 15 is 0 Å². The maximum absolute atomic E-state index is 5.75. The zero-order chi connectivity index (χ0) is 8.48. The van der Waals surface area contributed by atoms with Gasteiger partial charge >= 0.3 is 0 Å². The summed E-state index contributed by atoms with van der Waals surface area (Å²) in [6.07, 6.45) is 0. The molecule has 2 heteroatoms. The van der Waals surface area contributed by atoms with Crippen molar-refractivity contribution in [3.63, 3.8) is 0 Å². The van der Waals surface area contributed by atoms with E-state index in [9.17, 15) is 0 Å². The minimum atomic E-state index is 0.0393. The van der Waals surface area contributed by atoms with Crippen molar-refractivity contribution < 1.29 is 0 Å². The van der Waals surface area contributed by atoms with Gasteiger partial charge in [-0.2, -0.15) is 0 Å². The fourth-order valence-corrected chi connectivity index (χ4v) is 1.24. The first-order valence-corrected chi connectivity index (χ1v) is 4.62. The SMILES string of the molecule is CC(C)(Br)c1ccc(Cl)cc1. The molecule has 0 amide bonds. The van der Waals surface area contributed by atoms with Gasteiger partial charge in [0.15, 0.2) is 0 Å². The van der Waals surface area contributed by atoms with Crippen molar-refractivity contribution in [2.75, 3.05) is 0 Å². The zero-order valence-corrected chi connectivity index (χ0v) is 8.91. The second kappa shape index (κ2) is 3.16. The Morgan fingerprint density at radius 2 is 1.64 bits per heavy atom. The molecule has 1 aromatic rings. The lowest BCUT2D eigenvalue weighted by atomic mass is 10.0. The molecule has 1 rings (SSSR count). The predicted octanol–water partition coefficient (Wildman–Crippen LogP) is 3.97. The van der Waals surface area contributed by atoms with E-state index in [0.717, 1.165) is 5.02 Å². The van der Waals surface area contributed by atoms with Gasteiger partial charge < -0.3 is 0 Å². The van der Waals surface area contributed by atoms with E-state index in [4.69, 9.17) is 11.6 Å². The molecule has 0 radical (unpaired) electrons. The molecule has 0 aromatic heterocycles. The van der Waals surface area contributed by atoms with Crippen LogP contribution in [0.25, 0.3) is 0 Å². The molecular weight excluding hydrogens is 223 g/mol. The molecule has 0 fully saturated rings. The maximum Gasteiger partial charge on any atom is 0.0449 e. The van der Waals surface area contributed by atoms with Crippen LogP contribution in [0.5, 0.6) is 0 Å². The van der Waals surface area contributed by atoms with E-state index < -0.39 is 0 Å². The first kappa shape index (κ1) is 9.08. The molecule has 0 nitrogen and oxygen atoms in total. The highest BCUT2D eigenvalue weighted by Gasteiger charge is 2.14. The van der Waals surface area contributed by atoms with Crippen molar-refractivity contribution >= 4 is 27.5 Å². The minimum Gasteiger partial charge on any atom is -0.0843 e. The molecule has 0 saturated heterocycles. The van der Waals surface area contributed by atoms with E-state index in [1.807, 2.05) is 24.3 Å². The Labute approximate surface area is 80.7 Å². The first-order valence-electron chi connectivity index (χ1n) is 3.45. The Morgan fingerprint density at radius 1 is 1.18 bits per heavy atom. The zero-order valence-electron chi connectivity index (χ0n) is 6.57. The molecule has 0 N–H and O–H groups in total. The molecule has 0 saturated carbocycles. The van der Waals surface area contributed by atoms with Crippen LogP contribution in [0.4, 0.5) is 0 Å². The molecule has 0 unspecified atom stereocenters. The highest BCUT2D eigenvalue weighted by atomic mass is 79.9. The fraction of sp³-hybridized carbons (Fsp3) is 0.333. The quantitative estimate of drug-likeness (QED) is 0.644. The standard InChI is InChI=1S/C9H10BrCl/c1-9(2,10)7-3-5-8(11)6-4-7/h3-6H,1-2H3. The van der Waals surface area contributed by atoms with Crippen LogP contribution in [-0.2, 0) is 4.32 Å². The summed E-state index contributed by atoms with van der Waals surface area (Å²) in [5.74, 6) is 0. The summed E-state index contributed by atoms with van der Waals surface area (Å²) in [7, 11) is 0. The summed E-state index contributed by atoms with van der Waals surface area (Å²) in [5.41, 5.74) is 1.24. The topological polar surface area (TPSA) is 0 Å². The largest absolute Gasteiger partial charge is 0.0843 e. The van der Waals surface area contributed by atoms with Crippen molar-refractivity contribution in [2.45, 2.75) is 18.2 Å². The van der Waals surface area contributed by atoms with Crippen LogP contribution in [0.3, 0.4) is 0 Å². The average Bonchev–Trinajstić information content (AvgIpc) is 1.86. The Kier molecular flexibility index (Phi) is 2.61. The molecule has 0 heterocycles. The molecule has 0 spiro atoms. The van der Waals surface area contributed by atoms with Gasteiger partial charge in [0.1, 0.15) is 0 Å². The first-order chi connectivity index (χ1) is 5.00. The number of benzene rings is 1. The number of alkyl halides is 1. The van der Waals surface area contributed by atoms with E-state index in [-0.39, 0.29) is 4.32 Å². The molecule has 1 aromatic carbocycles. The monoisotopic (exact) mass is 232 g/mol. The van der Waals surface area contributed by atoms with Crippen LogP contribution >= 0.6 is 27.5 Å². The predicted molar refractivity (Wildman–Crippen MR) is 53.4 cm³/mol. The Morgan fingerprint density at radius 3 is 2.00 bits per heavy atom. The highest BCUT2D eigenvalue weighted by Crippen LogP contribution is 2.30. The van der Waals surface area contributed by atoms with Crippen molar-refractivity contribution in [2.24, 2.45) is 0 Å². The van der Waals surface area contributed by atoms with Crippen molar-refractivity contribution in [1.82, 2.24) is 0 Å². The third kappa shape index (κ3) is 2.49. The van der Waals surface area contributed by atoms with E-state index in [1.54, 1.807) is 0 Å². The second-order valence-corrected chi connectivity index (χ2v) is 5.40. The van der Waals surface area contributed by atoms with Crippen molar-refractivity contribution in [3.8, 4) is 0 Å². The third-order valence-corrected chi connectivity index (χ3v) is 2.24. The van der Waals surface area contributed by atoms with Crippen molar-refractivity contribution in [1.29, 1.82) is 0 Å². The van der Waals surface area contributed by atoms with Crippen LogP contribution in [0.15, 0.2) is 24.3 Å². The van der Waals surface area contributed by atoms with E-state index in [2.05, 4.69) is 29.8 Å². The molecule has 11 heavy (non-hydrogen) atoms. The van der Waals surface area contributed by atoms with Gasteiger partial charge in [-0.05, 0) is 31.5 Å². The van der Waals surface area contributed by atoms with Gasteiger partial charge in [-0.15, -0.1) is 0 Å². The maximum atomic E-state index is 5.75. The summed E-state index contributed by atoms with van der Waals surface area (Å²) in [5, 5.41) is 0.783. The average molecular weight is 234 g/mol. The van der Waals surface area contributed by atoms with Crippen LogP contribution in [-0.4, -0.2) is 0 Å². The van der Waals surface area contributed by atoms with Crippen LogP contribution in [0, 0.1) is 0 Å². The van der Waals surface area contributed by atoms with Crippen molar-refractivity contribution in [3.05, 3.63) is 34.9 Å². The smallest absolute Gasteiger partial charge is 0.0449 e. The van der Waals surface area contributed by atoms with Gasteiger partial charge in [-0.1, -0.05) is 39.7 Å². The van der Waals surface area contributed by atoms with Crippen LogP contribution < -0.4 is 0 Å². The molecule has 60 valence electrons. The Hall–Kier alpha value is -0.0100. The van der Waals surface area contributed by atoms with Crippen LogP contribution in [0.2, 0.25) is 5.02 Å². The van der Waals surface area contributed by atoms with Gasteiger partial charge in [-0.25, -0.2) is 0 Å². The lowest BCUT2D eigenvalue weighted by Gasteiger charge is -2.16. The highest BCUT2D eigenvalue weighted by molar-refractivity contribution is 9.09. The minimum absolute atomic E-state index is 0.0393. The van der Waals surface area contributed by atoms with Crippen LogP contribution in [0.1, 0.15) is 19.4 Å². The fourth-order valence-electron chi connectivity index (χ4n) is 0.846. The lowest BCUT2D eigenvalue weighted by molar-refractivity contribution is 0.803. The third-order valence-electron chi connectivity index (χ3n) is 1.53. The number of hydrogen-bond acceptors (Lipinski definition) is 0. The number of hydrogen-bond donors (Lipinski definition) is 0. The van der Waals surface area contributed by atoms with Gasteiger partial charge in [-0.3, -0.25) is 0 Å². The van der Waals surface area contributed by atoms with E-state index in [0.29, 0.717) is 0 Å². The molecule has 0 bridgehead atoms. The summed E-state index contributed by atoms with van der Waals surface area (Å²) >= 11 is 9.31. The normalized spacial score (nSPS) is 11.6. The lowest BCUT2D eigenvalue weighted by Crippen LogP contribution is -2.05. The molecule has 0 atom stereocenters. The molecule has 0 aliphatic carbocycles. The summed E-state index contributed by atoms with van der Waals surface area (Å²) in [6, 6.07) is 7.86. The number of halogens is 2. The summed E-state index contributed by atoms with van der Waals surface area (Å²) in [6.45, 7) is 4.21. The van der Waals surface area contributed by atoms with Gasteiger partial charge in [0.05, 0.1) is 0 Å². The van der Waals surface area contributed by atoms with E-state index in [1.165, 1.54) is 5.56 Å².